The van der Waals surface area contributed by atoms with E-state index in [1.807, 2.05) is 11.4 Å². The van der Waals surface area contributed by atoms with Crippen LogP contribution in [0.4, 0.5) is 0 Å². The van der Waals surface area contributed by atoms with Gasteiger partial charge in [0.25, 0.3) is 5.91 Å². The monoisotopic (exact) mass is 295 g/mol. The highest BCUT2D eigenvalue weighted by Gasteiger charge is 2.21. The third kappa shape index (κ3) is 3.20. The number of hydrogen-bond acceptors (Lipinski definition) is 6. The Morgan fingerprint density at radius 2 is 2.35 bits per heavy atom. The molecular formula is C12H17N5O2S. The Kier molecular flexibility index (Phi) is 5.19. The molecule has 20 heavy (non-hydrogen) atoms. The average Bonchev–Trinajstić information content (AvgIpc) is 3.11. The zero-order chi connectivity index (χ0) is 14.4. The van der Waals surface area contributed by atoms with Crippen LogP contribution in [0.2, 0.25) is 0 Å². The Hall–Kier alpha value is -1.80. The van der Waals surface area contributed by atoms with Gasteiger partial charge in [-0.15, -0.1) is 16.4 Å². The molecule has 0 radical (unpaired) electrons. The number of thiophene rings is 1. The van der Waals surface area contributed by atoms with Gasteiger partial charge in [-0.3, -0.25) is 4.79 Å². The Balaban J connectivity index is 2.21. The summed E-state index contributed by atoms with van der Waals surface area (Å²) in [4.78, 5) is 14.8. The molecule has 0 saturated heterocycles. The first-order chi connectivity index (χ1) is 9.77. The van der Waals surface area contributed by atoms with Crippen LogP contribution in [0, 0.1) is 0 Å². The number of carbonyl (C=O) groups is 1. The van der Waals surface area contributed by atoms with Crippen LogP contribution < -0.4 is 0 Å². The van der Waals surface area contributed by atoms with Crippen LogP contribution in [0.15, 0.2) is 17.8 Å². The molecule has 8 heteroatoms. The molecule has 2 heterocycles. The number of aliphatic hydroxyl groups is 1. The van der Waals surface area contributed by atoms with Crippen molar-refractivity contribution in [1.29, 1.82) is 0 Å². The molecule has 7 nitrogen and oxygen atoms in total. The molecule has 2 aromatic heterocycles. The average molecular weight is 295 g/mol. The molecule has 2 aromatic rings. The van der Waals surface area contributed by atoms with Gasteiger partial charge >= 0.3 is 0 Å². The van der Waals surface area contributed by atoms with E-state index in [0.29, 0.717) is 23.7 Å². The Morgan fingerprint density at radius 3 is 3.00 bits per heavy atom. The van der Waals surface area contributed by atoms with Crippen molar-refractivity contribution >= 4 is 17.2 Å². The van der Waals surface area contributed by atoms with Gasteiger partial charge in [0, 0.05) is 13.1 Å². The maximum Gasteiger partial charge on any atom is 0.266 e. The molecule has 0 aliphatic heterocycles. The summed E-state index contributed by atoms with van der Waals surface area (Å²) in [5, 5.41) is 21.9. The molecule has 0 fully saturated rings. The molecule has 1 amide bonds. The van der Waals surface area contributed by atoms with Gasteiger partial charge in [0.15, 0.2) is 0 Å². The van der Waals surface area contributed by atoms with E-state index in [4.69, 9.17) is 5.11 Å². The van der Waals surface area contributed by atoms with Gasteiger partial charge in [-0.25, -0.2) is 0 Å². The molecule has 0 spiro atoms. The van der Waals surface area contributed by atoms with Crippen LogP contribution in [0.1, 0.15) is 29.4 Å². The number of aromatic nitrogens is 4. The van der Waals surface area contributed by atoms with Gasteiger partial charge < -0.3 is 10.0 Å². The van der Waals surface area contributed by atoms with Crippen molar-refractivity contribution in [2.75, 3.05) is 19.7 Å². The van der Waals surface area contributed by atoms with E-state index in [1.54, 1.807) is 4.90 Å². The number of rotatable bonds is 7. The molecule has 1 N–H and O–H groups in total. The summed E-state index contributed by atoms with van der Waals surface area (Å²) in [6.07, 6.45) is 3.37. The van der Waals surface area contributed by atoms with Crippen molar-refractivity contribution in [3.8, 4) is 5.69 Å². The number of carbonyl (C=O) groups excluding carboxylic acids is 1. The van der Waals surface area contributed by atoms with E-state index in [1.165, 1.54) is 22.3 Å². The highest BCUT2D eigenvalue weighted by molar-refractivity contribution is 7.12. The second-order valence-electron chi connectivity index (χ2n) is 4.26. The summed E-state index contributed by atoms with van der Waals surface area (Å²) in [5.74, 6) is -0.0898. The zero-order valence-corrected chi connectivity index (χ0v) is 12.1. The van der Waals surface area contributed by atoms with E-state index < -0.39 is 0 Å². The molecule has 0 atom stereocenters. The van der Waals surface area contributed by atoms with Crippen LogP contribution >= 0.6 is 11.3 Å². The predicted octanol–water partition coefficient (Wildman–Crippen LogP) is 0.958. The van der Waals surface area contributed by atoms with Crippen LogP contribution in [0.25, 0.3) is 5.69 Å². The predicted molar refractivity (Wildman–Crippen MR) is 74.9 cm³/mol. The minimum absolute atomic E-state index is 0.0406. The van der Waals surface area contributed by atoms with E-state index in [2.05, 4.69) is 22.4 Å². The Morgan fingerprint density at radius 1 is 1.50 bits per heavy atom. The first-order valence-corrected chi connectivity index (χ1v) is 7.37. The van der Waals surface area contributed by atoms with Crippen LogP contribution in [-0.4, -0.2) is 55.8 Å². The summed E-state index contributed by atoms with van der Waals surface area (Å²) in [6, 6.07) is 1.81. The molecule has 0 aromatic carbocycles. The Bertz CT molecular complexity index is 540. The summed E-state index contributed by atoms with van der Waals surface area (Å²) in [5.41, 5.74) is 0.671. The van der Waals surface area contributed by atoms with E-state index >= 15 is 0 Å². The molecular weight excluding hydrogens is 278 g/mol. The lowest BCUT2D eigenvalue weighted by Crippen LogP contribution is -2.34. The number of amides is 1. The number of unbranched alkanes of at least 4 members (excludes halogenated alkanes) is 1. The fourth-order valence-electron chi connectivity index (χ4n) is 1.84. The lowest BCUT2D eigenvalue weighted by molar-refractivity contribution is 0.0724. The van der Waals surface area contributed by atoms with Gasteiger partial charge in [0.05, 0.1) is 12.3 Å². The SMILES string of the molecule is CCCCN(CCO)C(=O)c1sccc1-n1cnnn1. The van der Waals surface area contributed by atoms with Gasteiger partial charge in [0.2, 0.25) is 0 Å². The fraction of sp³-hybridized carbons (Fsp3) is 0.500. The normalized spacial score (nSPS) is 10.7. The largest absolute Gasteiger partial charge is 0.395 e. The van der Waals surface area contributed by atoms with Gasteiger partial charge in [0.1, 0.15) is 11.2 Å². The highest BCUT2D eigenvalue weighted by Crippen LogP contribution is 2.22. The third-order valence-electron chi connectivity index (χ3n) is 2.87. The summed E-state index contributed by atoms with van der Waals surface area (Å²) >= 11 is 1.35. The summed E-state index contributed by atoms with van der Waals surface area (Å²) < 4.78 is 1.47. The van der Waals surface area contributed by atoms with E-state index in [0.717, 1.165) is 12.8 Å². The molecule has 0 unspecified atom stereocenters. The highest BCUT2D eigenvalue weighted by atomic mass is 32.1. The topological polar surface area (TPSA) is 84.1 Å². The maximum atomic E-state index is 12.6. The van der Waals surface area contributed by atoms with Crippen molar-refractivity contribution in [2.45, 2.75) is 19.8 Å². The second-order valence-corrected chi connectivity index (χ2v) is 5.17. The molecule has 0 saturated carbocycles. The van der Waals surface area contributed by atoms with Gasteiger partial charge in [-0.05, 0) is 28.3 Å². The minimum Gasteiger partial charge on any atom is -0.395 e. The first kappa shape index (κ1) is 14.6. The van der Waals surface area contributed by atoms with Crippen molar-refractivity contribution in [2.24, 2.45) is 0 Å². The lowest BCUT2D eigenvalue weighted by Gasteiger charge is -2.21. The first-order valence-electron chi connectivity index (χ1n) is 6.49. The number of nitrogens with zero attached hydrogens (tertiary/aromatic N) is 5. The zero-order valence-electron chi connectivity index (χ0n) is 11.3. The van der Waals surface area contributed by atoms with Gasteiger partial charge in [-0.2, -0.15) is 4.68 Å². The second kappa shape index (κ2) is 7.11. The summed E-state index contributed by atoms with van der Waals surface area (Å²) in [7, 11) is 0. The molecule has 0 bridgehead atoms. The third-order valence-corrected chi connectivity index (χ3v) is 3.76. The van der Waals surface area contributed by atoms with Crippen LogP contribution in [0.3, 0.4) is 0 Å². The van der Waals surface area contributed by atoms with Gasteiger partial charge in [-0.1, -0.05) is 13.3 Å². The van der Waals surface area contributed by atoms with E-state index in [-0.39, 0.29) is 12.5 Å². The number of tetrazole rings is 1. The van der Waals surface area contributed by atoms with Crippen molar-refractivity contribution < 1.29 is 9.90 Å². The minimum atomic E-state index is -0.0898. The van der Waals surface area contributed by atoms with Crippen molar-refractivity contribution in [1.82, 2.24) is 25.1 Å². The molecule has 0 aliphatic rings. The summed E-state index contributed by atoms with van der Waals surface area (Å²) in [6.45, 7) is 3.01. The van der Waals surface area contributed by atoms with Crippen LogP contribution in [-0.2, 0) is 0 Å². The van der Waals surface area contributed by atoms with Crippen molar-refractivity contribution in [3.05, 3.63) is 22.7 Å². The number of aliphatic hydroxyl groups excluding tert-OH is 1. The fourth-order valence-corrected chi connectivity index (χ4v) is 2.69. The number of hydrogen-bond donors (Lipinski definition) is 1. The quantitative estimate of drug-likeness (QED) is 0.822. The van der Waals surface area contributed by atoms with E-state index in [9.17, 15) is 4.79 Å². The van der Waals surface area contributed by atoms with Crippen molar-refractivity contribution in [3.63, 3.8) is 0 Å². The lowest BCUT2D eigenvalue weighted by atomic mass is 10.3. The molecule has 2 rings (SSSR count). The standard InChI is InChI=1S/C12H17N5O2S/c1-2-3-5-16(6-7-18)12(19)11-10(4-8-20-11)17-9-13-14-15-17/h4,8-9,18H,2-3,5-7H2,1H3. The molecule has 108 valence electrons. The Labute approximate surface area is 120 Å². The molecule has 0 aliphatic carbocycles. The van der Waals surface area contributed by atoms with Crippen LogP contribution in [0.5, 0.6) is 0 Å². The smallest absolute Gasteiger partial charge is 0.266 e. The maximum absolute atomic E-state index is 12.6.